The van der Waals surface area contributed by atoms with Crippen LogP contribution in [0.25, 0.3) is 11.1 Å². The lowest BCUT2D eigenvalue weighted by Crippen LogP contribution is -2.17. The summed E-state index contributed by atoms with van der Waals surface area (Å²) in [6.45, 7) is 4.43. The van der Waals surface area contributed by atoms with Crippen LogP contribution >= 0.6 is 11.8 Å². The number of thioether (sulfide) groups is 1. The van der Waals surface area contributed by atoms with Crippen molar-refractivity contribution in [2.24, 2.45) is 0 Å². The lowest BCUT2D eigenvalue weighted by atomic mass is 10.2. The molecule has 0 saturated carbocycles. The fourth-order valence-corrected chi connectivity index (χ4v) is 2.81. The van der Waals surface area contributed by atoms with Crippen LogP contribution in [0.15, 0.2) is 27.8 Å². The lowest BCUT2D eigenvalue weighted by Gasteiger charge is -2.16. The van der Waals surface area contributed by atoms with Gasteiger partial charge in [0.25, 0.3) is 5.22 Å². The van der Waals surface area contributed by atoms with Crippen molar-refractivity contribution in [1.29, 1.82) is 0 Å². The van der Waals surface area contributed by atoms with E-state index in [-0.39, 0.29) is 0 Å². The summed E-state index contributed by atoms with van der Waals surface area (Å²) in [4.78, 5) is 6.86. The number of hydrogen-bond donors (Lipinski definition) is 0. The highest BCUT2D eigenvalue weighted by Gasteiger charge is 2.14. The summed E-state index contributed by atoms with van der Waals surface area (Å²) in [5, 5.41) is 0.779. The van der Waals surface area contributed by atoms with Crippen LogP contribution in [0.4, 0.5) is 5.69 Å². The van der Waals surface area contributed by atoms with Gasteiger partial charge in [-0.1, -0.05) is 18.7 Å². The van der Waals surface area contributed by atoms with Crippen LogP contribution in [0.2, 0.25) is 0 Å². The van der Waals surface area contributed by atoms with Crippen molar-refractivity contribution in [3.63, 3.8) is 0 Å². The third-order valence-corrected chi connectivity index (χ3v) is 3.80. The van der Waals surface area contributed by atoms with E-state index in [9.17, 15) is 0 Å². The minimum atomic E-state index is 0.779. The van der Waals surface area contributed by atoms with E-state index in [4.69, 9.17) is 4.42 Å². The van der Waals surface area contributed by atoms with Crippen LogP contribution in [0.3, 0.4) is 0 Å². The second-order valence-corrected chi connectivity index (χ2v) is 5.47. The molecule has 0 atom stereocenters. The van der Waals surface area contributed by atoms with Crippen molar-refractivity contribution in [1.82, 2.24) is 4.98 Å². The molecule has 0 aliphatic carbocycles. The van der Waals surface area contributed by atoms with Gasteiger partial charge in [0.1, 0.15) is 5.52 Å². The molecule has 0 amide bonds. The van der Waals surface area contributed by atoms with E-state index in [1.165, 1.54) is 18.5 Å². The molecule has 90 valence electrons. The molecule has 3 rings (SSSR count). The molecule has 17 heavy (non-hydrogen) atoms. The average molecular weight is 248 g/mol. The Balaban J connectivity index is 1.94. The maximum absolute atomic E-state index is 5.73. The highest BCUT2D eigenvalue weighted by molar-refractivity contribution is 7.99. The highest BCUT2D eigenvalue weighted by atomic mass is 32.2. The van der Waals surface area contributed by atoms with E-state index >= 15 is 0 Å². The van der Waals surface area contributed by atoms with Crippen molar-refractivity contribution in [3.05, 3.63) is 18.2 Å². The number of fused-ring (bicyclic) bond motifs is 1. The largest absolute Gasteiger partial charge is 0.431 e. The maximum Gasteiger partial charge on any atom is 0.256 e. The number of benzene rings is 1. The SMILES string of the molecule is CCSc1nc2ccc(N3CCCC3)cc2o1. The van der Waals surface area contributed by atoms with Gasteiger partial charge in [0.2, 0.25) is 0 Å². The summed E-state index contributed by atoms with van der Waals surface area (Å²) in [5.74, 6) is 0.992. The lowest BCUT2D eigenvalue weighted by molar-refractivity contribution is 0.489. The molecule has 2 heterocycles. The Morgan fingerprint density at radius 3 is 2.94 bits per heavy atom. The van der Waals surface area contributed by atoms with Crippen molar-refractivity contribution in [3.8, 4) is 0 Å². The second-order valence-electron chi connectivity index (χ2n) is 4.26. The van der Waals surface area contributed by atoms with Crippen LogP contribution in [-0.2, 0) is 0 Å². The van der Waals surface area contributed by atoms with Crippen LogP contribution in [-0.4, -0.2) is 23.8 Å². The zero-order valence-electron chi connectivity index (χ0n) is 9.98. The molecule has 1 aromatic heterocycles. The Hall–Kier alpha value is -1.16. The van der Waals surface area contributed by atoms with Crippen molar-refractivity contribution in [2.45, 2.75) is 25.0 Å². The summed E-state index contributed by atoms with van der Waals surface area (Å²) in [7, 11) is 0. The molecule has 1 saturated heterocycles. The molecular weight excluding hydrogens is 232 g/mol. The van der Waals surface area contributed by atoms with Crippen LogP contribution in [0.5, 0.6) is 0 Å². The Bertz CT molecular complexity index is 517. The topological polar surface area (TPSA) is 29.3 Å². The molecule has 0 bridgehead atoms. The van der Waals surface area contributed by atoms with Gasteiger partial charge in [0.05, 0.1) is 0 Å². The van der Waals surface area contributed by atoms with Gasteiger partial charge in [0.15, 0.2) is 5.58 Å². The molecule has 0 unspecified atom stereocenters. The number of aromatic nitrogens is 1. The van der Waals surface area contributed by atoms with Crippen LogP contribution in [0.1, 0.15) is 19.8 Å². The van der Waals surface area contributed by atoms with Crippen molar-refractivity contribution < 1.29 is 4.42 Å². The molecule has 0 radical (unpaired) electrons. The molecule has 4 heteroatoms. The van der Waals surface area contributed by atoms with Gasteiger partial charge >= 0.3 is 0 Å². The van der Waals surface area contributed by atoms with E-state index in [1.54, 1.807) is 11.8 Å². The molecule has 3 nitrogen and oxygen atoms in total. The van der Waals surface area contributed by atoms with Gasteiger partial charge in [0, 0.05) is 24.8 Å². The van der Waals surface area contributed by atoms with Gasteiger partial charge in [-0.3, -0.25) is 0 Å². The Morgan fingerprint density at radius 2 is 2.18 bits per heavy atom. The first kappa shape index (κ1) is 11.0. The summed E-state index contributed by atoms with van der Waals surface area (Å²) in [6, 6.07) is 6.33. The van der Waals surface area contributed by atoms with Crippen molar-refractivity contribution in [2.75, 3.05) is 23.7 Å². The Morgan fingerprint density at radius 1 is 1.35 bits per heavy atom. The van der Waals surface area contributed by atoms with Crippen LogP contribution < -0.4 is 4.90 Å². The third kappa shape index (κ3) is 2.14. The first-order chi connectivity index (χ1) is 8.36. The number of rotatable bonds is 3. The summed E-state index contributed by atoms with van der Waals surface area (Å²) >= 11 is 1.65. The number of oxazole rings is 1. The molecule has 0 N–H and O–H groups in total. The molecule has 1 aromatic carbocycles. The van der Waals surface area contributed by atoms with Gasteiger partial charge in [-0.15, -0.1) is 0 Å². The minimum Gasteiger partial charge on any atom is -0.431 e. The van der Waals surface area contributed by atoms with E-state index in [0.29, 0.717) is 0 Å². The van der Waals surface area contributed by atoms with Gasteiger partial charge in [-0.2, -0.15) is 0 Å². The number of nitrogens with zero attached hydrogens (tertiary/aromatic N) is 2. The summed E-state index contributed by atoms with van der Waals surface area (Å²) < 4.78 is 5.73. The van der Waals surface area contributed by atoms with Crippen LogP contribution in [0, 0.1) is 0 Å². The molecule has 1 aliphatic rings. The van der Waals surface area contributed by atoms with Gasteiger partial charge in [-0.05, 0) is 30.7 Å². The standard InChI is InChI=1S/C13H16N2OS/c1-2-17-13-14-11-6-5-10(9-12(11)16-13)15-7-3-4-8-15/h5-6,9H,2-4,7-8H2,1H3. The molecule has 2 aromatic rings. The second kappa shape index (κ2) is 4.61. The Labute approximate surface area is 105 Å². The van der Waals surface area contributed by atoms with Gasteiger partial charge in [-0.25, -0.2) is 4.98 Å². The van der Waals surface area contributed by atoms with Crippen molar-refractivity contribution >= 4 is 28.5 Å². The monoisotopic (exact) mass is 248 g/mol. The summed E-state index contributed by atoms with van der Waals surface area (Å²) in [6.07, 6.45) is 2.59. The fraction of sp³-hybridized carbons (Fsp3) is 0.462. The molecule has 0 spiro atoms. The van der Waals surface area contributed by atoms with E-state index in [2.05, 4.69) is 35.0 Å². The molecular formula is C13H16N2OS. The number of anilines is 1. The van der Waals surface area contributed by atoms with E-state index in [1.807, 2.05) is 0 Å². The first-order valence-corrected chi connectivity index (χ1v) is 7.14. The molecule has 1 fully saturated rings. The third-order valence-electron chi connectivity index (χ3n) is 3.09. The van der Waals surface area contributed by atoms with Gasteiger partial charge < -0.3 is 9.32 Å². The normalized spacial score (nSPS) is 15.9. The first-order valence-electron chi connectivity index (χ1n) is 6.15. The average Bonchev–Trinajstić information content (AvgIpc) is 2.96. The fourth-order valence-electron chi connectivity index (χ4n) is 2.25. The smallest absolute Gasteiger partial charge is 0.256 e. The summed E-state index contributed by atoms with van der Waals surface area (Å²) in [5.41, 5.74) is 3.13. The van der Waals surface area contributed by atoms with E-state index in [0.717, 1.165) is 35.2 Å². The predicted molar refractivity (Wildman–Crippen MR) is 71.9 cm³/mol. The zero-order chi connectivity index (χ0) is 11.7. The number of hydrogen-bond acceptors (Lipinski definition) is 4. The minimum absolute atomic E-state index is 0.779. The Kier molecular flexibility index (Phi) is 2.97. The zero-order valence-corrected chi connectivity index (χ0v) is 10.8. The highest BCUT2D eigenvalue weighted by Crippen LogP contribution is 2.28. The molecule has 1 aliphatic heterocycles. The maximum atomic E-state index is 5.73. The van der Waals surface area contributed by atoms with E-state index < -0.39 is 0 Å². The predicted octanol–water partition coefficient (Wildman–Crippen LogP) is 3.54. The quantitative estimate of drug-likeness (QED) is 0.777.